The molecule has 0 saturated carbocycles. The highest BCUT2D eigenvalue weighted by molar-refractivity contribution is 4.40. The average Bonchev–Trinajstić information content (AvgIpc) is 2.63. The zero-order valence-electron chi connectivity index (χ0n) is 17.4. The van der Waals surface area contributed by atoms with Crippen LogP contribution in [-0.4, -0.2) is 102 Å². The van der Waals surface area contributed by atoms with Crippen LogP contribution in [0.1, 0.15) is 27.7 Å². The molecule has 0 aliphatic heterocycles. The standard InChI is InChI=1S/C18H39NO8/c1-17(2)19(20)27-16-14-25-12-10-23-8-6-21-5-7-22-9-11-24-13-15-26-18(3)4/h17-18,20H,5-16H2,1-4H3. The van der Waals surface area contributed by atoms with Gasteiger partial charge in [0.15, 0.2) is 0 Å². The molecular weight excluding hydrogens is 358 g/mol. The van der Waals surface area contributed by atoms with Crippen molar-refractivity contribution in [1.82, 2.24) is 5.23 Å². The highest BCUT2D eigenvalue weighted by Gasteiger charge is 2.04. The minimum atomic E-state index is -0.0817. The third-order valence-electron chi connectivity index (χ3n) is 3.06. The summed E-state index contributed by atoms with van der Waals surface area (Å²) in [6.07, 6.45) is 0.237. The number of ether oxygens (including phenoxy) is 6. The molecule has 0 amide bonds. The van der Waals surface area contributed by atoms with E-state index in [0.29, 0.717) is 79.3 Å². The van der Waals surface area contributed by atoms with Crippen LogP contribution in [0.4, 0.5) is 0 Å². The Hall–Kier alpha value is -0.360. The summed E-state index contributed by atoms with van der Waals surface area (Å²) in [5, 5.41) is 10.1. The Morgan fingerprint density at radius 3 is 1.22 bits per heavy atom. The van der Waals surface area contributed by atoms with Crippen molar-refractivity contribution < 1.29 is 38.5 Å². The Balaban J connectivity index is 3.05. The molecule has 0 saturated heterocycles. The molecule has 0 bridgehead atoms. The minimum Gasteiger partial charge on any atom is -0.377 e. The second-order valence-electron chi connectivity index (χ2n) is 6.21. The molecule has 0 spiro atoms. The summed E-state index contributed by atoms with van der Waals surface area (Å²) in [6.45, 7) is 13.7. The van der Waals surface area contributed by atoms with Crippen molar-refractivity contribution >= 4 is 0 Å². The summed E-state index contributed by atoms with van der Waals surface area (Å²) in [7, 11) is 0. The number of hydroxylamine groups is 2. The van der Waals surface area contributed by atoms with E-state index < -0.39 is 0 Å². The van der Waals surface area contributed by atoms with Gasteiger partial charge < -0.3 is 28.4 Å². The second kappa shape index (κ2) is 20.4. The molecule has 0 aromatic carbocycles. The van der Waals surface area contributed by atoms with E-state index in [1.807, 2.05) is 27.7 Å². The molecule has 164 valence electrons. The van der Waals surface area contributed by atoms with Gasteiger partial charge in [-0.05, 0) is 27.7 Å². The quantitative estimate of drug-likeness (QED) is 0.229. The highest BCUT2D eigenvalue weighted by atomic mass is 16.9. The van der Waals surface area contributed by atoms with Crippen LogP contribution < -0.4 is 0 Å². The normalized spacial score (nSPS) is 12.0. The third-order valence-corrected chi connectivity index (χ3v) is 3.06. The molecule has 0 aliphatic carbocycles. The second-order valence-corrected chi connectivity index (χ2v) is 6.21. The lowest BCUT2D eigenvalue weighted by Gasteiger charge is -2.17. The van der Waals surface area contributed by atoms with Crippen LogP contribution in [0.2, 0.25) is 0 Å². The van der Waals surface area contributed by atoms with Gasteiger partial charge in [-0.15, -0.1) is 0 Å². The van der Waals surface area contributed by atoms with E-state index in [0.717, 1.165) is 5.23 Å². The largest absolute Gasteiger partial charge is 0.377 e. The molecule has 1 N–H and O–H groups in total. The van der Waals surface area contributed by atoms with Gasteiger partial charge in [-0.25, -0.2) is 0 Å². The van der Waals surface area contributed by atoms with E-state index in [1.165, 1.54) is 0 Å². The van der Waals surface area contributed by atoms with Crippen LogP contribution in [-0.2, 0) is 33.3 Å². The van der Waals surface area contributed by atoms with Gasteiger partial charge in [0.05, 0.1) is 91.4 Å². The van der Waals surface area contributed by atoms with Crippen LogP contribution in [0, 0.1) is 0 Å². The molecule has 0 rings (SSSR count). The summed E-state index contributed by atoms with van der Waals surface area (Å²) in [5.41, 5.74) is 0. The molecule has 0 atom stereocenters. The molecule has 9 heteroatoms. The van der Waals surface area contributed by atoms with Crippen LogP contribution in [0.3, 0.4) is 0 Å². The molecular formula is C18H39NO8. The first-order chi connectivity index (χ1) is 13.0. The van der Waals surface area contributed by atoms with Crippen molar-refractivity contribution in [3.05, 3.63) is 0 Å². The maximum Gasteiger partial charge on any atom is 0.0945 e. The summed E-state index contributed by atoms with van der Waals surface area (Å²) in [4.78, 5) is 5.01. The lowest BCUT2D eigenvalue weighted by atomic mass is 10.4. The van der Waals surface area contributed by atoms with E-state index in [4.69, 9.17) is 33.3 Å². The zero-order valence-corrected chi connectivity index (χ0v) is 17.4. The zero-order chi connectivity index (χ0) is 20.2. The summed E-state index contributed by atoms with van der Waals surface area (Å²) in [6, 6.07) is -0.0817. The topological polar surface area (TPSA) is 88.1 Å². The van der Waals surface area contributed by atoms with E-state index in [9.17, 15) is 5.21 Å². The third kappa shape index (κ3) is 21.8. The fourth-order valence-electron chi connectivity index (χ4n) is 1.66. The monoisotopic (exact) mass is 397 g/mol. The first-order valence-corrected chi connectivity index (χ1v) is 9.65. The van der Waals surface area contributed by atoms with Gasteiger partial charge in [0.1, 0.15) is 0 Å². The van der Waals surface area contributed by atoms with Crippen LogP contribution in [0.5, 0.6) is 0 Å². The SMILES string of the molecule is CC(C)OCCOCCOCCOCCOCCOCCON(O)C(C)C. The first kappa shape index (κ1) is 26.6. The lowest BCUT2D eigenvalue weighted by molar-refractivity contribution is -0.359. The molecule has 9 nitrogen and oxygen atoms in total. The molecule has 0 aliphatic rings. The van der Waals surface area contributed by atoms with Gasteiger partial charge >= 0.3 is 0 Å². The summed E-state index contributed by atoms with van der Waals surface area (Å²) in [5.74, 6) is 0. The van der Waals surface area contributed by atoms with Crippen molar-refractivity contribution in [3.63, 3.8) is 0 Å². The number of hydrogen-bond donors (Lipinski definition) is 1. The van der Waals surface area contributed by atoms with Gasteiger partial charge in [-0.2, -0.15) is 0 Å². The number of rotatable bonds is 21. The molecule has 0 aromatic rings. The summed E-state index contributed by atoms with van der Waals surface area (Å²) < 4.78 is 32.2. The highest BCUT2D eigenvalue weighted by Crippen LogP contribution is 1.93. The Morgan fingerprint density at radius 2 is 0.889 bits per heavy atom. The van der Waals surface area contributed by atoms with Crippen LogP contribution in [0.25, 0.3) is 0 Å². The van der Waals surface area contributed by atoms with E-state index in [2.05, 4.69) is 0 Å². The smallest absolute Gasteiger partial charge is 0.0945 e. The van der Waals surface area contributed by atoms with Gasteiger partial charge in [0, 0.05) is 0 Å². The average molecular weight is 398 g/mol. The molecule has 0 radical (unpaired) electrons. The van der Waals surface area contributed by atoms with Crippen molar-refractivity contribution in [2.75, 3.05) is 79.3 Å². The Morgan fingerprint density at radius 1 is 0.556 bits per heavy atom. The maximum absolute atomic E-state index is 9.28. The molecule has 0 aromatic heterocycles. The van der Waals surface area contributed by atoms with Crippen molar-refractivity contribution in [1.29, 1.82) is 0 Å². The maximum atomic E-state index is 9.28. The van der Waals surface area contributed by atoms with E-state index in [-0.39, 0.29) is 12.1 Å². The van der Waals surface area contributed by atoms with E-state index >= 15 is 0 Å². The van der Waals surface area contributed by atoms with Crippen molar-refractivity contribution in [2.24, 2.45) is 0 Å². The minimum absolute atomic E-state index is 0.0817. The lowest BCUT2D eigenvalue weighted by Crippen LogP contribution is -2.28. The van der Waals surface area contributed by atoms with Gasteiger partial charge in [0.2, 0.25) is 0 Å². The van der Waals surface area contributed by atoms with Gasteiger partial charge in [-0.3, -0.25) is 10.0 Å². The first-order valence-electron chi connectivity index (χ1n) is 9.65. The van der Waals surface area contributed by atoms with Crippen molar-refractivity contribution in [3.8, 4) is 0 Å². The fraction of sp³-hybridized carbons (Fsp3) is 1.00. The molecule has 0 unspecified atom stereocenters. The van der Waals surface area contributed by atoms with E-state index in [1.54, 1.807) is 0 Å². The van der Waals surface area contributed by atoms with Crippen molar-refractivity contribution in [2.45, 2.75) is 39.8 Å². The van der Waals surface area contributed by atoms with Gasteiger partial charge in [-0.1, -0.05) is 5.23 Å². The fourth-order valence-corrected chi connectivity index (χ4v) is 1.66. The molecule has 0 heterocycles. The van der Waals surface area contributed by atoms with Crippen LogP contribution in [0.15, 0.2) is 0 Å². The van der Waals surface area contributed by atoms with Crippen LogP contribution >= 0.6 is 0 Å². The van der Waals surface area contributed by atoms with Gasteiger partial charge in [0.25, 0.3) is 0 Å². The Kier molecular flexibility index (Phi) is 20.1. The Bertz CT molecular complexity index is 295. The predicted molar refractivity (Wildman–Crippen MR) is 99.9 cm³/mol. The molecule has 27 heavy (non-hydrogen) atoms. The predicted octanol–water partition coefficient (Wildman–Crippen LogP) is 1.53. The molecule has 0 fully saturated rings. The summed E-state index contributed by atoms with van der Waals surface area (Å²) >= 11 is 0. The Labute approximate surface area is 163 Å². The number of hydrogen-bond acceptors (Lipinski definition) is 9. The number of nitrogens with zero attached hydrogens (tertiary/aromatic N) is 1.